The van der Waals surface area contributed by atoms with E-state index in [9.17, 15) is 0 Å². The molecule has 3 rings (SSSR count). The summed E-state index contributed by atoms with van der Waals surface area (Å²) in [5.41, 5.74) is 4.09. The Kier molecular flexibility index (Phi) is 2.98. The minimum Gasteiger partial charge on any atom is -0.316 e. The summed E-state index contributed by atoms with van der Waals surface area (Å²) in [5.74, 6) is 1.66. The second-order valence-corrected chi connectivity index (χ2v) is 5.40. The summed E-state index contributed by atoms with van der Waals surface area (Å²) in [4.78, 5) is 4.31. The third kappa shape index (κ3) is 2.27. The van der Waals surface area contributed by atoms with Crippen LogP contribution in [0.5, 0.6) is 0 Å². The van der Waals surface area contributed by atoms with Gasteiger partial charge in [-0.25, -0.2) is 0 Å². The summed E-state index contributed by atoms with van der Waals surface area (Å²) in [6.45, 7) is 4.48. The molecule has 17 heavy (non-hydrogen) atoms. The maximum Gasteiger partial charge on any atom is 0.0343 e. The van der Waals surface area contributed by atoms with Crippen LogP contribution in [0.2, 0.25) is 0 Å². The Labute approximate surface area is 103 Å². The van der Waals surface area contributed by atoms with Crippen molar-refractivity contribution in [1.82, 2.24) is 10.3 Å². The van der Waals surface area contributed by atoms with Crippen LogP contribution in [0.3, 0.4) is 0 Å². The van der Waals surface area contributed by atoms with Gasteiger partial charge in [0.15, 0.2) is 0 Å². The molecule has 0 spiro atoms. The van der Waals surface area contributed by atoms with Crippen molar-refractivity contribution in [3.05, 3.63) is 35.7 Å². The fourth-order valence-electron chi connectivity index (χ4n) is 3.14. The van der Waals surface area contributed by atoms with Crippen LogP contribution < -0.4 is 5.32 Å². The first-order chi connectivity index (χ1) is 8.33. The maximum absolute atomic E-state index is 4.31. The maximum atomic E-state index is 4.31. The number of hydrogen-bond acceptors (Lipinski definition) is 2. The molecule has 2 nitrogen and oxygen atoms in total. The molecule has 0 bridgehead atoms. The van der Waals surface area contributed by atoms with Crippen molar-refractivity contribution >= 4 is 5.57 Å². The molecule has 1 aliphatic carbocycles. The van der Waals surface area contributed by atoms with Gasteiger partial charge in [-0.05, 0) is 67.3 Å². The van der Waals surface area contributed by atoms with E-state index < -0.39 is 0 Å². The minimum absolute atomic E-state index is 0.744. The molecule has 2 heterocycles. The normalized spacial score (nSPS) is 28.4. The number of pyridine rings is 1. The number of rotatable bonds is 1. The fourth-order valence-corrected chi connectivity index (χ4v) is 3.14. The third-order valence-corrected chi connectivity index (χ3v) is 4.12. The lowest BCUT2D eigenvalue weighted by Gasteiger charge is -2.34. The highest BCUT2D eigenvalue weighted by Gasteiger charge is 2.27. The van der Waals surface area contributed by atoms with Gasteiger partial charge in [0.25, 0.3) is 0 Å². The Morgan fingerprint density at radius 1 is 1.29 bits per heavy atom. The van der Waals surface area contributed by atoms with Gasteiger partial charge in [0.05, 0.1) is 0 Å². The van der Waals surface area contributed by atoms with Gasteiger partial charge in [-0.2, -0.15) is 0 Å². The molecule has 0 saturated carbocycles. The molecule has 2 atom stereocenters. The Balaban J connectivity index is 1.86. The van der Waals surface area contributed by atoms with E-state index in [0.717, 1.165) is 18.4 Å². The Hall–Kier alpha value is -1.15. The average molecular weight is 228 g/mol. The van der Waals surface area contributed by atoms with Crippen LogP contribution in [0.15, 0.2) is 24.5 Å². The van der Waals surface area contributed by atoms with E-state index in [-0.39, 0.29) is 0 Å². The van der Waals surface area contributed by atoms with E-state index >= 15 is 0 Å². The van der Waals surface area contributed by atoms with E-state index in [1.54, 1.807) is 0 Å². The van der Waals surface area contributed by atoms with Crippen molar-refractivity contribution in [3.63, 3.8) is 0 Å². The van der Waals surface area contributed by atoms with Crippen LogP contribution in [0, 0.1) is 18.8 Å². The summed E-state index contributed by atoms with van der Waals surface area (Å²) >= 11 is 0. The van der Waals surface area contributed by atoms with Gasteiger partial charge < -0.3 is 5.32 Å². The number of nitrogens with zero attached hydrogens (tertiary/aromatic N) is 1. The van der Waals surface area contributed by atoms with Crippen molar-refractivity contribution in [2.45, 2.75) is 26.2 Å². The predicted octanol–water partition coefficient (Wildman–Crippen LogP) is 2.79. The second-order valence-electron chi connectivity index (χ2n) is 5.40. The lowest BCUT2D eigenvalue weighted by Crippen LogP contribution is -2.37. The molecular weight excluding hydrogens is 208 g/mol. The van der Waals surface area contributed by atoms with Gasteiger partial charge in [0.2, 0.25) is 0 Å². The number of piperidine rings is 1. The molecular formula is C15H20N2. The number of fused-ring (bicyclic) bond motifs is 1. The van der Waals surface area contributed by atoms with Crippen molar-refractivity contribution in [1.29, 1.82) is 0 Å². The molecule has 90 valence electrons. The third-order valence-electron chi connectivity index (χ3n) is 4.12. The van der Waals surface area contributed by atoms with Crippen LogP contribution in [-0.4, -0.2) is 18.1 Å². The van der Waals surface area contributed by atoms with E-state index in [4.69, 9.17) is 0 Å². The van der Waals surface area contributed by atoms with E-state index in [0.29, 0.717) is 0 Å². The van der Waals surface area contributed by atoms with Crippen molar-refractivity contribution in [2.24, 2.45) is 11.8 Å². The van der Waals surface area contributed by atoms with Crippen molar-refractivity contribution in [2.75, 3.05) is 13.1 Å². The predicted molar refractivity (Wildman–Crippen MR) is 70.7 cm³/mol. The first kappa shape index (κ1) is 11.0. The second kappa shape index (κ2) is 4.61. The van der Waals surface area contributed by atoms with Crippen LogP contribution in [0.4, 0.5) is 0 Å². The van der Waals surface area contributed by atoms with Crippen molar-refractivity contribution in [3.8, 4) is 0 Å². The standard InChI is InChI=1S/C15H20N2/c1-11-6-14(10-17-8-11)13-3-2-12-4-5-16-9-15(12)7-13/h6-8,10,12,15-16H,2-5,9H2,1H3. The highest BCUT2D eigenvalue weighted by atomic mass is 14.9. The lowest BCUT2D eigenvalue weighted by molar-refractivity contribution is 0.279. The molecule has 1 fully saturated rings. The van der Waals surface area contributed by atoms with E-state index in [1.165, 1.54) is 42.5 Å². The number of aromatic nitrogens is 1. The summed E-state index contributed by atoms with van der Waals surface area (Å²) in [6.07, 6.45) is 10.4. The Morgan fingerprint density at radius 2 is 2.24 bits per heavy atom. The average Bonchev–Trinajstić information content (AvgIpc) is 2.38. The van der Waals surface area contributed by atoms with Gasteiger partial charge in [-0.1, -0.05) is 6.08 Å². The van der Waals surface area contributed by atoms with E-state index in [2.05, 4.69) is 29.4 Å². The van der Waals surface area contributed by atoms with E-state index in [1.807, 2.05) is 12.4 Å². The van der Waals surface area contributed by atoms with Crippen LogP contribution in [-0.2, 0) is 0 Å². The molecule has 0 amide bonds. The molecule has 2 aliphatic rings. The monoisotopic (exact) mass is 228 g/mol. The highest BCUT2D eigenvalue weighted by Crippen LogP contribution is 2.36. The summed E-state index contributed by atoms with van der Waals surface area (Å²) in [6, 6.07) is 2.26. The van der Waals surface area contributed by atoms with Crippen LogP contribution >= 0.6 is 0 Å². The number of nitrogens with one attached hydrogen (secondary N) is 1. The molecule has 1 N–H and O–H groups in total. The largest absolute Gasteiger partial charge is 0.316 e. The van der Waals surface area contributed by atoms with Crippen molar-refractivity contribution < 1.29 is 0 Å². The van der Waals surface area contributed by atoms with Crippen LogP contribution in [0.1, 0.15) is 30.4 Å². The first-order valence-electron chi connectivity index (χ1n) is 6.66. The smallest absolute Gasteiger partial charge is 0.0343 e. The quantitative estimate of drug-likeness (QED) is 0.799. The lowest BCUT2D eigenvalue weighted by atomic mass is 9.76. The first-order valence-corrected chi connectivity index (χ1v) is 6.66. The SMILES string of the molecule is Cc1cncc(C2=CC3CNCCC3CC2)c1. The summed E-state index contributed by atoms with van der Waals surface area (Å²) < 4.78 is 0. The van der Waals surface area contributed by atoms with Gasteiger partial charge in [0.1, 0.15) is 0 Å². The van der Waals surface area contributed by atoms with Crippen LogP contribution in [0.25, 0.3) is 5.57 Å². The molecule has 0 radical (unpaired) electrons. The van der Waals surface area contributed by atoms with Gasteiger partial charge in [-0.15, -0.1) is 0 Å². The molecule has 0 aromatic carbocycles. The zero-order valence-corrected chi connectivity index (χ0v) is 10.4. The topological polar surface area (TPSA) is 24.9 Å². The Bertz CT molecular complexity index is 436. The molecule has 1 saturated heterocycles. The molecule has 2 unspecified atom stereocenters. The van der Waals surface area contributed by atoms with Gasteiger partial charge in [0, 0.05) is 18.9 Å². The zero-order valence-electron chi connectivity index (χ0n) is 10.4. The summed E-state index contributed by atoms with van der Waals surface area (Å²) in [5, 5.41) is 3.51. The number of allylic oxidation sites excluding steroid dienone is 1. The Morgan fingerprint density at radius 3 is 3.12 bits per heavy atom. The number of hydrogen-bond donors (Lipinski definition) is 1. The van der Waals surface area contributed by atoms with Gasteiger partial charge >= 0.3 is 0 Å². The van der Waals surface area contributed by atoms with Gasteiger partial charge in [-0.3, -0.25) is 4.98 Å². The fraction of sp³-hybridized carbons (Fsp3) is 0.533. The summed E-state index contributed by atoms with van der Waals surface area (Å²) in [7, 11) is 0. The highest BCUT2D eigenvalue weighted by molar-refractivity contribution is 5.66. The minimum atomic E-state index is 0.744. The molecule has 1 aliphatic heterocycles. The number of aryl methyl sites for hydroxylation is 1. The molecule has 1 aromatic heterocycles. The molecule has 1 aromatic rings. The zero-order chi connectivity index (χ0) is 11.7. The molecule has 2 heteroatoms.